The van der Waals surface area contributed by atoms with Gasteiger partial charge in [0.05, 0.1) is 36.1 Å². The summed E-state index contributed by atoms with van der Waals surface area (Å²) in [5.74, 6) is -0.731. The molecular formula is C28H24N2O5S. The summed E-state index contributed by atoms with van der Waals surface area (Å²) in [4.78, 5) is 33.0. The number of anilines is 1. The first-order valence-electron chi connectivity index (χ1n) is 11.3. The summed E-state index contributed by atoms with van der Waals surface area (Å²) >= 11 is 1.34. The van der Waals surface area contributed by atoms with Crippen LogP contribution >= 0.6 is 11.3 Å². The van der Waals surface area contributed by atoms with Crippen LogP contribution in [0.2, 0.25) is 0 Å². The zero-order valence-corrected chi connectivity index (χ0v) is 21.1. The van der Waals surface area contributed by atoms with Crippen molar-refractivity contribution in [3.05, 3.63) is 88.5 Å². The Balaban J connectivity index is 1.75. The van der Waals surface area contributed by atoms with Gasteiger partial charge in [-0.05, 0) is 60.9 Å². The van der Waals surface area contributed by atoms with Crippen molar-refractivity contribution in [2.24, 2.45) is 0 Å². The third-order valence-electron chi connectivity index (χ3n) is 6.22. The van der Waals surface area contributed by atoms with E-state index in [1.54, 1.807) is 55.6 Å². The minimum Gasteiger partial charge on any atom is -0.507 e. The van der Waals surface area contributed by atoms with Crippen molar-refractivity contribution in [1.82, 2.24) is 4.98 Å². The number of methoxy groups -OCH3 is 2. The average molecular weight is 501 g/mol. The number of ether oxygens (including phenoxy) is 2. The number of carbonyl (C=O) groups excluding carboxylic acids is 2. The molecule has 8 heteroatoms. The molecule has 1 N–H and O–H groups in total. The number of aliphatic hydroxyl groups excluding tert-OH is 1. The summed E-state index contributed by atoms with van der Waals surface area (Å²) in [6, 6.07) is 17.0. The molecule has 0 bridgehead atoms. The van der Waals surface area contributed by atoms with Gasteiger partial charge in [0.1, 0.15) is 17.3 Å². The summed E-state index contributed by atoms with van der Waals surface area (Å²) in [6.07, 6.45) is 0. The van der Waals surface area contributed by atoms with Crippen LogP contribution in [0.3, 0.4) is 0 Å². The van der Waals surface area contributed by atoms with Crippen molar-refractivity contribution in [2.45, 2.75) is 19.9 Å². The maximum atomic E-state index is 13.5. The maximum absolute atomic E-state index is 13.5. The van der Waals surface area contributed by atoms with Crippen molar-refractivity contribution in [1.29, 1.82) is 0 Å². The van der Waals surface area contributed by atoms with Crippen LogP contribution in [0.5, 0.6) is 11.5 Å². The molecule has 182 valence electrons. The number of hydrogen-bond acceptors (Lipinski definition) is 7. The highest BCUT2D eigenvalue weighted by atomic mass is 32.1. The molecule has 0 unspecified atom stereocenters. The molecule has 0 radical (unpaired) electrons. The number of ketones is 1. The Morgan fingerprint density at radius 1 is 0.972 bits per heavy atom. The van der Waals surface area contributed by atoms with Gasteiger partial charge in [-0.15, -0.1) is 0 Å². The van der Waals surface area contributed by atoms with E-state index in [-0.39, 0.29) is 11.3 Å². The molecular weight excluding hydrogens is 476 g/mol. The number of rotatable bonds is 5. The molecule has 1 aliphatic rings. The van der Waals surface area contributed by atoms with Crippen molar-refractivity contribution < 1.29 is 24.2 Å². The normalized spacial score (nSPS) is 17.1. The minimum absolute atomic E-state index is 0.0198. The second kappa shape index (κ2) is 9.13. The van der Waals surface area contributed by atoms with Gasteiger partial charge in [0.2, 0.25) is 0 Å². The quantitative estimate of drug-likeness (QED) is 0.219. The van der Waals surface area contributed by atoms with E-state index in [0.29, 0.717) is 27.8 Å². The third-order valence-corrected chi connectivity index (χ3v) is 7.22. The Hall–Kier alpha value is -4.17. The maximum Gasteiger partial charge on any atom is 0.301 e. The van der Waals surface area contributed by atoms with Gasteiger partial charge in [-0.25, -0.2) is 4.98 Å². The van der Waals surface area contributed by atoms with Crippen LogP contribution < -0.4 is 14.4 Å². The van der Waals surface area contributed by atoms with Gasteiger partial charge in [-0.2, -0.15) is 0 Å². The van der Waals surface area contributed by atoms with E-state index in [4.69, 9.17) is 14.5 Å². The SMILES string of the molecule is COc1cccc(/C(O)=C2\C(=O)C(=O)N(c3nc4c(C)cc(C)cc4s3)[C@H]2c2cccc(OC)c2)c1. The van der Waals surface area contributed by atoms with Crippen LogP contribution in [0.4, 0.5) is 5.13 Å². The highest BCUT2D eigenvalue weighted by Gasteiger charge is 2.48. The fourth-order valence-corrected chi connectivity index (χ4v) is 5.71. The number of fused-ring (bicyclic) bond motifs is 1. The van der Waals surface area contributed by atoms with Gasteiger partial charge in [-0.3, -0.25) is 14.5 Å². The van der Waals surface area contributed by atoms with Crippen molar-refractivity contribution in [3.8, 4) is 11.5 Å². The van der Waals surface area contributed by atoms with E-state index in [9.17, 15) is 14.7 Å². The minimum atomic E-state index is -0.895. The van der Waals surface area contributed by atoms with Crippen molar-refractivity contribution >= 4 is 44.1 Å². The number of nitrogens with zero attached hydrogens (tertiary/aromatic N) is 2. The highest BCUT2D eigenvalue weighted by molar-refractivity contribution is 7.22. The van der Waals surface area contributed by atoms with Crippen LogP contribution in [-0.4, -0.2) is 36.0 Å². The second-order valence-corrected chi connectivity index (χ2v) is 9.61. The molecule has 0 spiro atoms. The zero-order chi connectivity index (χ0) is 25.6. The van der Waals surface area contributed by atoms with Crippen LogP contribution in [0.1, 0.15) is 28.3 Å². The molecule has 36 heavy (non-hydrogen) atoms. The lowest BCUT2D eigenvalue weighted by atomic mass is 9.95. The average Bonchev–Trinajstić information content (AvgIpc) is 3.42. The predicted octanol–water partition coefficient (Wildman–Crippen LogP) is 5.56. The van der Waals surface area contributed by atoms with Gasteiger partial charge < -0.3 is 14.6 Å². The first-order chi connectivity index (χ1) is 17.3. The molecule has 0 aliphatic carbocycles. The number of aliphatic hydroxyl groups is 1. The third kappa shape index (κ3) is 3.89. The number of aromatic nitrogens is 1. The van der Waals surface area contributed by atoms with Crippen LogP contribution in [0.15, 0.2) is 66.2 Å². The molecule has 3 aromatic carbocycles. The van der Waals surface area contributed by atoms with E-state index in [2.05, 4.69) is 0 Å². The molecule has 4 aromatic rings. The lowest BCUT2D eigenvalue weighted by molar-refractivity contribution is -0.132. The van der Waals surface area contributed by atoms with E-state index in [0.717, 1.165) is 21.3 Å². The summed E-state index contributed by atoms with van der Waals surface area (Å²) < 4.78 is 11.6. The molecule has 1 saturated heterocycles. The largest absolute Gasteiger partial charge is 0.507 e. The lowest BCUT2D eigenvalue weighted by Gasteiger charge is -2.23. The Morgan fingerprint density at radius 3 is 2.39 bits per heavy atom. The molecule has 1 aromatic heterocycles. The number of benzene rings is 3. The van der Waals surface area contributed by atoms with Crippen LogP contribution in [0.25, 0.3) is 16.0 Å². The number of hydrogen-bond donors (Lipinski definition) is 1. The van der Waals surface area contributed by atoms with Crippen molar-refractivity contribution in [2.75, 3.05) is 19.1 Å². The van der Waals surface area contributed by atoms with Gasteiger partial charge in [0, 0.05) is 5.56 Å². The highest BCUT2D eigenvalue weighted by Crippen LogP contribution is 2.45. The predicted molar refractivity (Wildman–Crippen MR) is 140 cm³/mol. The van der Waals surface area contributed by atoms with E-state index >= 15 is 0 Å². The second-order valence-electron chi connectivity index (χ2n) is 8.60. The summed E-state index contributed by atoms with van der Waals surface area (Å²) in [6.45, 7) is 3.97. The monoisotopic (exact) mass is 500 g/mol. The fourth-order valence-electron chi connectivity index (χ4n) is 4.54. The van der Waals surface area contributed by atoms with Crippen molar-refractivity contribution in [3.63, 3.8) is 0 Å². The molecule has 5 rings (SSSR count). The topological polar surface area (TPSA) is 89.0 Å². The van der Waals surface area contributed by atoms with Gasteiger partial charge in [0.15, 0.2) is 5.13 Å². The number of amides is 1. The first kappa shape index (κ1) is 23.6. The molecule has 0 saturated carbocycles. The lowest BCUT2D eigenvalue weighted by Crippen LogP contribution is -2.29. The Kier molecular flexibility index (Phi) is 5.97. The Bertz CT molecular complexity index is 1550. The first-order valence-corrected chi connectivity index (χ1v) is 12.1. The summed E-state index contributed by atoms with van der Waals surface area (Å²) in [5.41, 5.74) is 3.81. The van der Waals surface area contributed by atoms with E-state index in [1.165, 1.54) is 23.3 Å². The fraction of sp³-hybridized carbons (Fsp3) is 0.179. The summed E-state index contributed by atoms with van der Waals surface area (Å²) in [5, 5.41) is 11.7. The molecule has 2 heterocycles. The molecule has 1 amide bonds. The van der Waals surface area contributed by atoms with Gasteiger partial charge in [-0.1, -0.05) is 41.7 Å². The smallest absolute Gasteiger partial charge is 0.301 e. The van der Waals surface area contributed by atoms with E-state index in [1.807, 2.05) is 26.0 Å². The van der Waals surface area contributed by atoms with E-state index < -0.39 is 17.7 Å². The molecule has 1 aliphatic heterocycles. The van der Waals surface area contributed by atoms with Crippen LogP contribution in [0, 0.1) is 13.8 Å². The molecule has 1 fully saturated rings. The molecule has 1 atom stereocenters. The van der Waals surface area contributed by atoms with Crippen LogP contribution in [-0.2, 0) is 9.59 Å². The standard InChI is InChI=1S/C28H24N2O5S/c1-15-11-16(2)23-21(12-15)36-28(29-23)30-24(17-7-5-9-19(13-17)34-3)22(26(32)27(30)33)25(31)18-8-6-10-20(14-18)35-4/h5-14,24,31H,1-4H3/b25-22+/t24-/m0/s1. The van der Waals surface area contributed by atoms with Gasteiger partial charge in [0.25, 0.3) is 5.78 Å². The Morgan fingerprint density at radius 2 is 1.67 bits per heavy atom. The number of carbonyl (C=O) groups is 2. The zero-order valence-electron chi connectivity index (χ0n) is 20.2. The Labute approximate surface area is 212 Å². The van der Waals surface area contributed by atoms with Gasteiger partial charge >= 0.3 is 5.91 Å². The number of aryl methyl sites for hydroxylation is 2. The summed E-state index contributed by atoms with van der Waals surface area (Å²) in [7, 11) is 3.07. The number of Topliss-reactive ketones (excluding diaryl/α,β-unsaturated/α-hetero) is 1. The molecule has 7 nitrogen and oxygen atoms in total. The number of thiazole rings is 1.